The molecule has 0 amide bonds. The number of hydrogen-bond acceptors (Lipinski definition) is 8. The number of nitrogens with zero attached hydrogens (tertiary/aromatic N) is 5. The molecule has 0 unspecified atom stereocenters. The summed E-state index contributed by atoms with van der Waals surface area (Å²) in [5.41, 5.74) is 2.48. The molecule has 15 heteroatoms. The van der Waals surface area contributed by atoms with Crippen LogP contribution in [0.2, 0.25) is 5.02 Å². The summed E-state index contributed by atoms with van der Waals surface area (Å²) in [5, 5.41) is 3.51. The summed E-state index contributed by atoms with van der Waals surface area (Å²) in [6, 6.07) is 0.791. The van der Waals surface area contributed by atoms with Crippen molar-refractivity contribution in [3.05, 3.63) is 40.2 Å². The van der Waals surface area contributed by atoms with Crippen molar-refractivity contribution in [3.63, 3.8) is 0 Å². The van der Waals surface area contributed by atoms with Crippen molar-refractivity contribution in [3.8, 4) is 17.3 Å². The van der Waals surface area contributed by atoms with Crippen LogP contribution in [-0.2, 0) is 6.18 Å². The van der Waals surface area contributed by atoms with Crippen molar-refractivity contribution in [2.24, 2.45) is 11.3 Å². The molecule has 258 valence electrons. The first kappa shape index (κ1) is 33.2. The lowest BCUT2D eigenvalue weighted by molar-refractivity contribution is -0.137. The second-order valence-corrected chi connectivity index (χ2v) is 14.4. The predicted molar refractivity (Wildman–Crippen MR) is 172 cm³/mol. The Balaban J connectivity index is 1.46. The molecule has 3 N–H and O–H groups in total. The Morgan fingerprint density at radius 1 is 1.19 bits per heavy atom. The molecule has 3 aromatic rings. The number of piperidine rings is 1. The molecule has 2 aromatic heterocycles. The van der Waals surface area contributed by atoms with E-state index >= 15 is 4.39 Å². The van der Waals surface area contributed by atoms with Gasteiger partial charge in [-0.05, 0) is 63.4 Å². The van der Waals surface area contributed by atoms with Crippen LogP contribution in [0.15, 0.2) is 12.6 Å². The molecule has 4 aliphatic heterocycles. The predicted octanol–water partition coefficient (Wildman–Crippen LogP) is 6.72. The summed E-state index contributed by atoms with van der Waals surface area (Å²) >= 11 is 6.94. The average molecular weight is 696 g/mol. The fourth-order valence-corrected chi connectivity index (χ4v) is 8.79. The maximum atomic E-state index is 17.0. The Hall–Kier alpha value is -3.36. The number of hydrogen-bond donors (Lipinski definition) is 2. The Morgan fingerprint density at radius 2 is 1.94 bits per heavy atom. The minimum atomic E-state index is -4.92. The first-order chi connectivity index (χ1) is 22.6. The number of aryl methyl sites for hydroxylation is 1. The van der Waals surface area contributed by atoms with E-state index in [1.165, 1.54) is 6.92 Å². The number of likely N-dealkylation sites (tertiary alicyclic amines) is 1. The van der Waals surface area contributed by atoms with Crippen LogP contribution in [0.4, 0.5) is 38.0 Å². The number of benzene rings is 1. The SMILES string of the molecule is C=C1C[C@@H]2[C@@H]3CC[C@H](CN2c2nc(OC[C@]4(C)CN(C)CC[C@@H]4C(F)F)nc4c(F)c(-c5nc(N)cc(C)c5C(F)(F)F)c(Cl)c1c24)N3. The van der Waals surface area contributed by atoms with Crippen LogP contribution >= 0.6 is 11.6 Å². The third-order valence-electron chi connectivity index (χ3n) is 10.6. The highest BCUT2D eigenvalue weighted by Crippen LogP contribution is 2.51. The molecule has 8 nitrogen and oxygen atoms in total. The number of aromatic nitrogens is 3. The van der Waals surface area contributed by atoms with Crippen LogP contribution in [-0.4, -0.2) is 77.7 Å². The molecule has 48 heavy (non-hydrogen) atoms. The van der Waals surface area contributed by atoms with Gasteiger partial charge in [-0.2, -0.15) is 23.1 Å². The lowest BCUT2D eigenvalue weighted by atomic mass is 9.73. The van der Waals surface area contributed by atoms with Crippen LogP contribution < -0.4 is 20.7 Å². The average Bonchev–Trinajstić information content (AvgIpc) is 3.32. The van der Waals surface area contributed by atoms with E-state index < -0.39 is 46.6 Å². The molecule has 0 radical (unpaired) electrons. The molecule has 4 aliphatic rings. The largest absolute Gasteiger partial charge is 0.463 e. The lowest BCUT2D eigenvalue weighted by Crippen LogP contribution is -2.58. The van der Waals surface area contributed by atoms with Crippen molar-refractivity contribution < 1.29 is 31.1 Å². The zero-order valence-electron chi connectivity index (χ0n) is 26.7. The zero-order chi connectivity index (χ0) is 34.4. The highest BCUT2D eigenvalue weighted by molar-refractivity contribution is 6.37. The molecule has 2 bridgehead atoms. The number of ether oxygens (including phenoxy) is 1. The smallest absolute Gasteiger partial charge is 0.418 e. The van der Waals surface area contributed by atoms with Crippen molar-refractivity contribution >= 4 is 39.7 Å². The zero-order valence-corrected chi connectivity index (χ0v) is 27.5. The Labute approximate surface area is 278 Å². The first-order valence-electron chi connectivity index (χ1n) is 15.9. The van der Waals surface area contributed by atoms with E-state index in [0.717, 1.165) is 18.9 Å². The number of piperazine rings is 1. The maximum Gasteiger partial charge on any atom is 0.418 e. The highest BCUT2D eigenvalue weighted by Gasteiger charge is 2.47. The van der Waals surface area contributed by atoms with Gasteiger partial charge in [-0.1, -0.05) is 25.1 Å². The van der Waals surface area contributed by atoms with E-state index in [-0.39, 0.29) is 70.0 Å². The number of fused-ring (bicyclic) bond motifs is 5. The molecule has 6 heterocycles. The van der Waals surface area contributed by atoms with Gasteiger partial charge in [-0.3, -0.25) is 0 Å². The minimum Gasteiger partial charge on any atom is -0.463 e. The van der Waals surface area contributed by atoms with Crippen LogP contribution in [0, 0.1) is 24.1 Å². The van der Waals surface area contributed by atoms with Gasteiger partial charge in [0.25, 0.3) is 0 Å². The van der Waals surface area contributed by atoms with E-state index in [2.05, 4.69) is 26.8 Å². The molecule has 0 spiro atoms. The number of pyridine rings is 1. The fraction of sp³-hybridized carbons (Fsp3) is 0.545. The first-order valence-corrected chi connectivity index (χ1v) is 16.3. The van der Waals surface area contributed by atoms with E-state index in [4.69, 9.17) is 27.1 Å². The van der Waals surface area contributed by atoms with Crippen molar-refractivity contribution in [2.75, 3.05) is 43.9 Å². The second-order valence-electron chi connectivity index (χ2n) is 14.0. The van der Waals surface area contributed by atoms with Gasteiger partial charge >= 0.3 is 12.2 Å². The van der Waals surface area contributed by atoms with Gasteiger partial charge in [0.15, 0.2) is 5.82 Å². The molecule has 3 saturated heterocycles. The van der Waals surface area contributed by atoms with E-state index in [0.29, 0.717) is 37.4 Å². The summed E-state index contributed by atoms with van der Waals surface area (Å²) in [7, 11) is 1.84. The van der Waals surface area contributed by atoms with Crippen LogP contribution in [0.25, 0.3) is 27.7 Å². The number of nitrogens with one attached hydrogen (secondary N) is 1. The lowest BCUT2D eigenvalue weighted by Gasteiger charge is -2.44. The topological polar surface area (TPSA) is 92.4 Å². The Morgan fingerprint density at radius 3 is 2.65 bits per heavy atom. The van der Waals surface area contributed by atoms with Crippen molar-refractivity contribution in [2.45, 2.75) is 70.3 Å². The molecule has 5 atom stereocenters. The summed E-state index contributed by atoms with van der Waals surface area (Å²) in [6.45, 7) is 8.36. The molecular formula is C33H36ClF6N7O. The maximum absolute atomic E-state index is 17.0. The van der Waals surface area contributed by atoms with Gasteiger partial charge in [0.2, 0.25) is 6.43 Å². The molecule has 0 aliphatic carbocycles. The number of rotatable bonds is 5. The molecular weight excluding hydrogens is 660 g/mol. The Bertz CT molecular complexity index is 1820. The Kier molecular flexibility index (Phi) is 8.02. The number of anilines is 2. The molecule has 0 saturated carbocycles. The number of alkyl halides is 5. The van der Waals surface area contributed by atoms with Crippen molar-refractivity contribution in [1.29, 1.82) is 0 Å². The monoisotopic (exact) mass is 695 g/mol. The molecule has 7 rings (SSSR count). The summed E-state index contributed by atoms with van der Waals surface area (Å²) in [4.78, 5) is 17.1. The minimum absolute atomic E-state index is 0.0471. The van der Waals surface area contributed by atoms with Gasteiger partial charge < -0.3 is 25.6 Å². The van der Waals surface area contributed by atoms with Crippen molar-refractivity contribution in [1.82, 2.24) is 25.2 Å². The third kappa shape index (κ3) is 5.34. The standard InChI is InChI=1S/C33H36ClF6N7O/c1-14-9-19-18-6-5-16(42-18)11-47(19)30-22-21(14)25(34)23(27-24(33(38,39)40)15(2)10-20(41)43-27)26(35)28(22)44-31(45-30)48-13-32(3)12-46(4)8-7-17(32)29(36)37/h10,16-19,29,42H,1,5-9,11-13H2,2-4H3,(H2,41,43)/t16-,17-,18+,19-,32+/m1/s1. The third-order valence-corrected chi connectivity index (χ3v) is 10.9. The quantitative estimate of drug-likeness (QED) is 0.285. The second kappa shape index (κ2) is 11.6. The van der Waals surface area contributed by atoms with Gasteiger partial charge in [-0.25, -0.2) is 18.2 Å². The van der Waals surface area contributed by atoms with Gasteiger partial charge in [0.05, 0.1) is 33.8 Å². The van der Waals surface area contributed by atoms with E-state index in [1.54, 1.807) is 6.92 Å². The van der Waals surface area contributed by atoms with E-state index in [1.807, 2.05) is 11.9 Å². The molecule has 3 fully saturated rings. The normalized spacial score (nSPS) is 27.5. The van der Waals surface area contributed by atoms with Gasteiger partial charge in [0.1, 0.15) is 17.2 Å². The van der Waals surface area contributed by atoms with E-state index in [9.17, 15) is 22.0 Å². The number of nitrogens with two attached hydrogens (primary N) is 1. The van der Waals surface area contributed by atoms with Crippen LogP contribution in [0.5, 0.6) is 6.01 Å². The van der Waals surface area contributed by atoms with Crippen LogP contribution in [0.1, 0.15) is 49.3 Å². The van der Waals surface area contributed by atoms with Gasteiger partial charge in [-0.15, -0.1) is 0 Å². The number of nitrogen functional groups attached to an aromatic ring is 1. The van der Waals surface area contributed by atoms with Gasteiger partial charge in [0, 0.05) is 48.1 Å². The molecule has 1 aromatic carbocycles. The summed E-state index contributed by atoms with van der Waals surface area (Å²) in [6.07, 6.45) is -5.07. The number of halogens is 7. The highest BCUT2D eigenvalue weighted by atomic mass is 35.5. The summed E-state index contributed by atoms with van der Waals surface area (Å²) < 4.78 is 95.0. The van der Waals surface area contributed by atoms with Crippen LogP contribution in [0.3, 0.4) is 0 Å². The summed E-state index contributed by atoms with van der Waals surface area (Å²) in [5.74, 6) is -2.06. The fourth-order valence-electron chi connectivity index (χ4n) is 8.39.